The third kappa shape index (κ3) is 1.43. The lowest BCUT2D eigenvalue weighted by Gasteiger charge is -2.08. The van der Waals surface area contributed by atoms with E-state index in [4.69, 9.17) is 10.2 Å². The SMILES string of the molecule is C[C@H]1[CH][C@@H](O)[C@@H](CO)C1. The highest BCUT2D eigenvalue weighted by Crippen LogP contribution is 2.28. The Hall–Kier alpha value is -0.0800. The molecule has 0 spiro atoms. The van der Waals surface area contributed by atoms with Crippen LogP contribution in [0.1, 0.15) is 13.3 Å². The predicted molar refractivity (Wildman–Crippen MR) is 34.7 cm³/mol. The minimum Gasteiger partial charge on any atom is -0.396 e. The molecule has 1 aliphatic carbocycles. The third-order valence-corrected chi connectivity index (χ3v) is 1.92. The largest absolute Gasteiger partial charge is 0.396 e. The second kappa shape index (κ2) is 2.67. The molecule has 1 fully saturated rings. The summed E-state index contributed by atoms with van der Waals surface area (Å²) in [4.78, 5) is 0. The van der Waals surface area contributed by atoms with E-state index in [1.165, 1.54) is 0 Å². The van der Waals surface area contributed by atoms with E-state index in [9.17, 15) is 0 Å². The Bertz CT molecular complexity index is 92.9. The molecule has 0 bridgehead atoms. The Balaban J connectivity index is 2.38. The number of hydrogen-bond donors (Lipinski definition) is 2. The highest BCUT2D eigenvalue weighted by molar-refractivity contribution is 4.94. The molecular formula is C7H13O2. The van der Waals surface area contributed by atoms with Gasteiger partial charge in [-0.05, 0) is 18.8 Å². The number of aliphatic hydroxyl groups excluding tert-OH is 2. The van der Waals surface area contributed by atoms with Crippen LogP contribution in [0.5, 0.6) is 0 Å². The van der Waals surface area contributed by atoms with E-state index in [-0.39, 0.29) is 18.6 Å². The van der Waals surface area contributed by atoms with Crippen LogP contribution in [0.4, 0.5) is 0 Å². The smallest absolute Gasteiger partial charge is 0.0624 e. The van der Waals surface area contributed by atoms with Crippen molar-refractivity contribution in [1.82, 2.24) is 0 Å². The lowest BCUT2D eigenvalue weighted by molar-refractivity contribution is 0.109. The van der Waals surface area contributed by atoms with Crippen molar-refractivity contribution in [2.24, 2.45) is 11.8 Å². The topological polar surface area (TPSA) is 40.5 Å². The van der Waals surface area contributed by atoms with Crippen molar-refractivity contribution < 1.29 is 10.2 Å². The second-order valence-corrected chi connectivity index (χ2v) is 2.84. The van der Waals surface area contributed by atoms with Gasteiger partial charge in [0.1, 0.15) is 0 Å². The summed E-state index contributed by atoms with van der Waals surface area (Å²) < 4.78 is 0. The van der Waals surface area contributed by atoms with Gasteiger partial charge in [0, 0.05) is 12.5 Å². The lowest BCUT2D eigenvalue weighted by atomic mass is 10.1. The highest BCUT2D eigenvalue weighted by Gasteiger charge is 2.29. The molecule has 0 amide bonds. The van der Waals surface area contributed by atoms with Crippen LogP contribution in [0.15, 0.2) is 0 Å². The van der Waals surface area contributed by atoms with Gasteiger partial charge >= 0.3 is 0 Å². The summed E-state index contributed by atoms with van der Waals surface area (Å²) in [7, 11) is 0. The first-order valence-electron chi connectivity index (χ1n) is 3.38. The average Bonchev–Trinajstić information content (AvgIpc) is 2.10. The molecule has 0 aromatic carbocycles. The van der Waals surface area contributed by atoms with Gasteiger partial charge < -0.3 is 10.2 Å². The maximum atomic E-state index is 9.14. The zero-order valence-corrected chi connectivity index (χ0v) is 5.62. The van der Waals surface area contributed by atoms with E-state index >= 15 is 0 Å². The predicted octanol–water partition coefficient (Wildman–Crippen LogP) is 0.200. The fourth-order valence-corrected chi connectivity index (χ4v) is 1.37. The van der Waals surface area contributed by atoms with E-state index in [1.54, 1.807) is 0 Å². The third-order valence-electron chi connectivity index (χ3n) is 1.92. The van der Waals surface area contributed by atoms with Crippen molar-refractivity contribution in [3.8, 4) is 0 Å². The van der Waals surface area contributed by atoms with Gasteiger partial charge in [-0.1, -0.05) is 6.92 Å². The molecule has 1 aliphatic rings. The first kappa shape index (κ1) is 7.03. The molecule has 53 valence electrons. The van der Waals surface area contributed by atoms with Crippen LogP contribution in [0.3, 0.4) is 0 Å². The van der Waals surface area contributed by atoms with Crippen molar-refractivity contribution >= 4 is 0 Å². The molecule has 0 saturated heterocycles. The molecule has 2 N–H and O–H groups in total. The Morgan fingerprint density at radius 2 is 2.33 bits per heavy atom. The van der Waals surface area contributed by atoms with Gasteiger partial charge in [0.05, 0.1) is 6.10 Å². The average molecular weight is 129 g/mol. The molecule has 0 heterocycles. The van der Waals surface area contributed by atoms with E-state index in [2.05, 4.69) is 6.92 Å². The van der Waals surface area contributed by atoms with Crippen LogP contribution >= 0.6 is 0 Å². The second-order valence-electron chi connectivity index (χ2n) is 2.84. The van der Waals surface area contributed by atoms with Gasteiger partial charge in [-0.3, -0.25) is 0 Å². The van der Waals surface area contributed by atoms with Crippen LogP contribution in [0, 0.1) is 18.3 Å². The Labute approximate surface area is 55.5 Å². The number of rotatable bonds is 1. The van der Waals surface area contributed by atoms with Gasteiger partial charge in [-0.25, -0.2) is 0 Å². The van der Waals surface area contributed by atoms with Gasteiger partial charge in [0.2, 0.25) is 0 Å². The molecule has 9 heavy (non-hydrogen) atoms. The molecule has 3 atom stereocenters. The quantitative estimate of drug-likeness (QED) is 0.531. The van der Waals surface area contributed by atoms with Crippen molar-refractivity contribution in [2.75, 3.05) is 6.61 Å². The standard InChI is InChI=1S/C7H13O2/c1-5-2-6(4-8)7(9)3-5/h3,5-9H,2,4H2,1H3/t5-,6-,7-/m1/s1. The number of aliphatic hydroxyl groups is 2. The zero-order chi connectivity index (χ0) is 6.85. The Kier molecular flexibility index (Phi) is 2.09. The van der Waals surface area contributed by atoms with Crippen molar-refractivity contribution in [2.45, 2.75) is 19.4 Å². The minimum absolute atomic E-state index is 0.0972. The lowest BCUT2D eigenvalue weighted by Crippen LogP contribution is -2.16. The number of hydrogen-bond acceptors (Lipinski definition) is 2. The molecule has 2 heteroatoms. The zero-order valence-electron chi connectivity index (χ0n) is 5.62. The summed E-state index contributed by atoms with van der Waals surface area (Å²) in [5.41, 5.74) is 0. The van der Waals surface area contributed by atoms with Crippen LogP contribution in [0.25, 0.3) is 0 Å². The first-order valence-corrected chi connectivity index (χ1v) is 3.38. The monoisotopic (exact) mass is 129 g/mol. The van der Waals surface area contributed by atoms with Gasteiger partial charge in [-0.2, -0.15) is 0 Å². The molecule has 0 aliphatic heterocycles. The van der Waals surface area contributed by atoms with Crippen molar-refractivity contribution in [1.29, 1.82) is 0 Å². The Morgan fingerprint density at radius 1 is 1.67 bits per heavy atom. The first-order chi connectivity index (χ1) is 4.24. The van der Waals surface area contributed by atoms with Crippen LogP contribution in [-0.2, 0) is 0 Å². The van der Waals surface area contributed by atoms with Crippen molar-refractivity contribution in [3.05, 3.63) is 6.42 Å². The van der Waals surface area contributed by atoms with E-state index in [1.807, 2.05) is 6.42 Å². The fourth-order valence-electron chi connectivity index (χ4n) is 1.37. The molecule has 0 unspecified atom stereocenters. The van der Waals surface area contributed by atoms with Crippen LogP contribution in [0.2, 0.25) is 0 Å². The summed E-state index contributed by atoms with van der Waals surface area (Å²) in [5, 5.41) is 17.8. The summed E-state index contributed by atoms with van der Waals surface area (Å²) in [6, 6.07) is 0. The molecular weight excluding hydrogens is 116 g/mol. The van der Waals surface area contributed by atoms with Crippen molar-refractivity contribution in [3.63, 3.8) is 0 Å². The van der Waals surface area contributed by atoms with Crippen LogP contribution < -0.4 is 0 Å². The fraction of sp³-hybridized carbons (Fsp3) is 0.857. The maximum Gasteiger partial charge on any atom is 0.0624 e. The van der Waals surface area contributed by atoms with E-state index in [0.29, 0.717) is 5.92 Å². The summed E-state index contributed by atoms with van der Waals surface area (Å²) in [6.07, 6.45) is 2.45. The van der Waals surface area contributed by atoms with Gasteiger partial charge in [-0.15, -0.1) is 0 Å². The minimum atomic E-state index is -0.370. The molecule has 1 saturated carbocycles. The van der Waals surface area contributed by atoms with Crippen LogP contribution in [-0.4, -0.2) is 22.9 Å². The highest BCUT2D eigenvalue weighted by atomic mass is 16.3. The normalized spacial score (nSPS) is 43.7. The summed E-state index contributed by atoms with van der Waals surface area (Å²) >= 11 is 0. The molecule has 0 aromatic heterocycles. The summed E-state index contributed by atoms with van der Waals surface area (Å²) in [6.45, 7) is 2.17. The van der Waals surface area contributed by atoms with Gasteiger partial charge in [0.25, 0.3) is 0 Å². The molecule has 0 aromatic rings. The van der Waals surface area contributed by atoms with E-state index in [0.717, 1.165) is 6.42 Å². The molecule has 1 radical (unpaired) electrons. The maximum absolute atomic E-state index is 9.14. The van der Waals surface area contributed by atoms with Gasteiger partial charge in [0.15, 0.2) is 0 Å². The summed E-state index contributed by atoms with van der Waals surface area (Å²) in [5.74, 6) is 0.567. The Morgan fingerprint density at radius 3 is 2.56 bits per heavy atom. The molecule has 2 nitrogen and oxygen atoms in total. The molecule has 1 rings (SSSR count). The van der Waals surface area contributed by atoms with E-state index < -0.39 is 0 Å².